The summed E-state index contributed by atoms with van der Waals surface area (Å²) in [6, 6.07) is 5.19. The third kappa shape index (κ3) is 2.26. The zero-order valence-electron chi connectivity index (χ0n) is 8.25. The van der Waals surface area contributed by atoms with Gasteiger partial charge in [0.05, 0.1) is 0 Å². The summed E-state index contributed by atoms with van der Waals surface area (Å²) in [5, 5.41) is 0. The first-order chi connectivity index (χ1) is 6.56. The van der Waals surface area contributed by atoms with Gasteiger partial charge in [-0.3, -0.25) is 4.79 Å². The predicted octanol–water partition coefficient (Wildman–Crippen LogP) is 2.12. The van der Waals surface area contributed by atoms with Crippen molar-refractivity contribution in [1.82, 2.24) is 4.90 Å². The van der Waals surface area contributed by atoms with Crippen LogP contribution in [-0.2, 0) is 0 Å². The molecule has 0 bridgehead atoms. The standard InChI is InChI=1S/C10H13BrN2O/c1-3-13(2)10(14)7-4-5-9(12)8(11)6-7/h4-6H,3,12H2,1-2H3. The van der Waals surface area contributed by atoms with Gasteiger partial charge in [-0.05, 0) is 41.1 Å². The van der Waals surface area contributed by atoms with Gasteiger partial charge in [-0.1, -0.05) is 0 Å². The minimum atomic E-state index is 0.00759. The fourth-order valence-corrected chi connectivity index (χ4v) is 1.40. The minimum Gasteiger partial charge on any atom is -0.398 e. The molecule has 1 aromatic rings. The largest absolute Gasteiger partial charge is 0.398 e. The van der Waals surface area contributed by atoms with Gasteiger partial charge in [0.25, 0.3) is 5.91 Å². The molecule has 0 aliphatic heterocycles. The molecule has 0 saturated carbocycles. The third-order valence-corrected chi connectivity index (χ3v) is 2.76. The number of halogens is 1. The van der Waals surface area contributed by atoms with Crippen LogP contribution >= 0.6 is 15.9 Å². The van der Waals surface area contributed by atoms with E-state index in [0.29, 0.717) is 17.8 Å². The first kappa shape index (κ1) is 11.0. The van der Waals surface area contributed by atoms with Crippen LogP contribution in [0.4, 0.5) is 5.69 Å². The lowest BCUT2D eigenvalue weighted by molar-refractivity contribution is 0.0802. The van der Waals surface area contributed by atoms with Crippen molar-refractivity contribution in [2.24, 2.45) is 0 Å². The molecule has 1 aromatic carbocycles. The average molecular weight is 257 g/mol. The Kier molecular flexibility index (Phi) is 3.52. The zero-order chi connectivity index (χ0) is 10.7. The number of benzene rings is 1. The molecule has 1 rings (SSSR count). The highest BCUT2D eigenvalue weighted by molar-refractivity contribution is 9.10. The second-order valence-corrected chi connectivity index (χ2v) is 3.91. The van der Waals surface area contributed by atoms with Crippen molar-refractivity contribution in [2.45, 2.75) is 6.92 Å². The van der Waals surface area contributed by atoms with Gasteiger partial charge >= 0.3 is 0 Å². The molecule has 0 saturated heterocycles. The van der Waals surface area contributed by atoms with Gasteiger partial charge in [-0.2, -0.15) is 0 Å². The summed E-state index contributed by atoms with van der Waals surface area (Å²) in [5.74, 6) is 0.00759. The van der Waals surface area contributed by atoms with Crippen molar-refractivity contribution in [3.63, 3.8) is 0 Å². The lowest BCUT2D eigenvalue weighted by Gasteiger charge is -2.14. The van der Waals surface area contributed by atoms with E-state index in [1.807, 2.05) is 6.92 Å². The fraction of sp³-hybridized carbons (Fsp3) is 0.300. The van der Waals surface area contributed by atoms with Crippen LogP contribution in [0.25, 0.3) is 0 Å². The number of hydrogen-bond acceptors (Lipinski definition) is 2. The van der Waals surface area contributed by atoms with Crippen molar-refractivity contribution in [1.29, 1.82) is 0 Å². The Morgan fingerprint density at radius 2 is 2.21 bits per heavy atom. The lowest BCUT2D eigenvalue weighted by atomic mass is 10.2. The Hall–Kier alpha value is -1.03. The van der Waals surface area contributed by atoms with E-state index in [4.69, 9.17) is 5.73 Å². The first-order valence-corrected chi connectivity index (χ1v) is 5.16. The van der Waals surface area contributed by atoms with Crippen molar-refractivity contribution >= 4 is 27.5 Å². The quantitative estimate of drug-likeness (QED) is 0.825. The number of nitrogens with two attached hydrogens (primary N) is 1. The Balaban J connectivity index is 2.97. The number of amides is 1. The van der Waals surface area contributed by atoms with Gasteiger partial charge < -0.3 is 10.6 Å². The molecule has 1 amide bonds. The molecule has 0 unspecified atom stereocenters. The lowest BCUT2D eigenvalue weighted by Crippen LogP contribution is -2.26. The van der Waals surface area contributed by atoms with Crippen LogP contribution in [0.15, 0.2) is 22.7 Å². The number of nitrogens with zero attached hydrogens (tertiary/aromatic N) is 1. The van der Waals surface area contributed by atoms with E-state index in [1.54, 1.807) is 30.1 Å². The second kappa shape index (κ2) is 4.46. The molecular weight excluding hydrogens is 244 g/mol. The number of anilines is 1. The SMILES string of the molecule is CCN(C)C(=O)c1ccc(N)c(Br)c1. The molecule has 0 radical (unpaired) electrons. The number of hydrogen-bond donors (Lipinski definition) is 1. The maximum absolute atomic E-state index is 11.7. The van der Waals surface area contributed by atoms with Crippen molar-refractivity contribution in [3.8, 4) is 0 Å². The van der Waals surface area contributed by atoms with E-state index < -0.39 is 0 Å². The van der Waals surface area contributed by atoms with E-state index >= 15 is 0 Å². The molecule has 0 heterocycles. The highest BCUT2D eigenvalue weighted by atomic mass is 79.9. The predicted molar refractivity (Wildman–Crippen MR) is 61.2 cm³/mol. The molecule has 14 heavy (non-hydrogen) atoms. The molecule has 0 aliphatic carbocycles. The summed E-state index contributed by atoms with van der Waals surface area (Å²) in [4.78, 5) is 13.4. The zero-order valence-corrected chi connectivity index (χ0v) is 9.84. The Labute approximate surface area is 92.0 Å². The van der Waals surface area contributed by atoms with E-state index in [2.05, 4.69) is 15.9 Å². The van der Waals surface area contributed by atoms with Crippen LogP contribution in [0.5, 0.6) is 0 Å². The van der Waals surface area contributed by atoms with E-state index in [1.165, 1.54) is 0 Å². The van der Waals surface area contributed by atoms with Crippen LogP contribution in [0.1, 0.15) is 17.3 Å². The monoisotopic (exact) mass is 256 g/mol. The van der Waals surface area contributed by atoms with E-state index in [-0.39, 0.29) is 5.91 Å². The van der Waals surface area contributed by atoms with E-state index in [9.17, 15) is 4.79 Å². The summed E-state index contributed by atoms with van der Waals surface area (Å²) < 4.78 is 0.757. The van der Waals surface area contributed by atoms with Gasteiger partial charge in [-0.25, -0.2) is 0 Å². The second-order valence-electron chi connectivity index (χ2n) is 3.06. The van der Waals surface area contributed by atoms with Gasteiger partial charge in [0, 0.05) is 29.3 Å². The highest BCUT2D eigenvalue weighted by Crippen LogP contribution is 2.20. The fourth-order valence-electron chi connectivity index (χ4n) is 1.02. The van der Waals surface area contributed by atoms with Gasteiger partial charge in [0.1, 0.15) is 0 Å². The summed E-state index contributed by atoms with van der Waals surface area (Å²) >= 11 is 3.29. The molecular formula is C10H13BrN2O. The smallest absolute Gasteiger partial charge is 0.253 e. The van der Waals surface area contributed by atoms with Gasteiger partial charge in [0.2, 0.25) is 0 Å². The van der Waals surface area contributed by atoms with Crippen LogP contribution in [0, 0.1) is 0 Å². The van der Waals surface area contributed by atoms with Gasteiger partial charge in [-0.15, -0.1) is 0 Å². The highest BCUT2D eigenvalue weighted by Gasteiger charge is 2.10. The van der Waals surface area contributed by atoms with Crippen molar-refractivity contribution in [3.05, 3.63) is 28.2 Å². The summed E-state index contributed by atoms with van der Waals surface area (Å²) in [6.07, 6.45) is 0. The third-order valence-electron chi connectivity index (χ3n) is 2.07. The number of carbonyl (C=O) groups is 1. The summed E-state index contributed by atoms with van der Waals surface area (Å²) in [5.41, 5.74) is 6.91. The summed E-state index contributed by atoms with van der Waals surface area (Å²) in [6.45, 7) is 2.63. The van der Waals surface area contributed by atoms with Crippen molar-refractivity contribution < 1.29 is 4.79 Å². The normalized spacial score (nSPS) is 9.93. The molecule has 0 fully saturated rings. The Morgan fingerprint density at radius 1 is 1.57 bits per heavy atom. The number of rotatable bonds is 2. The Morgan fingerprint density at radius 3 is 2.71 bits per heavy atom. The molecule has 3 nitrogen and oxygen atoms in total. The first-order valence-electron chi connectivity index (χ1n) is 4.36. The molecule has 0 aliphatic rings. The number of nitrogen functional groups attached to an aromatic ring is 1. The molecule has 0 aromatic heterocycles. The number of carbonyl (C=O) groups excluding carboxylic acids is 1. The molecule has 2 N–H and O–H groups in total. The Bertz CT molecular complexity index is 352. The molecule has 76 valence electrons. The van der Waals surface area contributed by atoms with Crippen LogP contribution in [0.2, 0.25) is 0 Å². The van der Waals surface area contributed by atoms with Crippen LogP contribution in [0.3, 0.4) is 0 Å². The van der Waals surface area contributed by atoms with Gasteiger partial charge in [0.15, 0.2) is 0 Å². The van der Waals surface area contributed by atoms with Crippen LogP contribution in [-0.4, -0.2) is 24.4 Å². The molecule has 0 spiro atoms. The summed E-state index contributed by atoms with van der Waals surface area (Å²) in [7, 11) is 1.77. The average Bonchev–Trinajstić information content (AvgIpc) is 2.20. The van der Waals surface area contributed by atoms with Crippen LogP contribution < -0.4 is 5.73 Å². The molecule has 0 atom stereocenters. The van der Waals surface area contributed by atoms with E-state index in [0.717, 1.165) is 4.47 Å². The molecule has 4 heteroatoms. The maximum Gasteiger partial charge on any atom is 0.253 e. The maximum atomic E-state index is 11.7. The topological polar surface area (TPSA) is 46.3 Å². The minimum absolute atomic E-state index is 0.00759. The van der Waals surface area contributed by atoms with Crippen molar-refractivity contribution in [2.75, 3.05) is 19.3 Å².